The van der Waals surface area contributed by atoms with Crippen molar-refractivity contribution in [3.8, 4) is 6.07 Å². The first kappa shape index (κ1) is 15.7. The van der Waals surface area contributed by atoms with Gasteiger partial charge in [-0.1, -0.05) is 22.0 Å². The number of nitrogens with zero attached hydrogens (tertiary/aromatic N) is 1. The molecule has 1 unspecified atom stereocenters. The molecule has 0 heterocycles. The Morgan fingerprint density at radius 2 is 2.20 bits per heavy atom. The predicted molar refractivity (Wildman–Crippen MR) is 76.7 cm³/mol. The van der Waals surface area contributed by atoms with Gasteiger partial charge in [0.15, 0.2) is 0 Å². The third kappa shape index (κ3) is 4.74. The van der Waals surface area contributed by atoms with Gasteiger partial charge in [-0.15, -0.1) is 0 Å². The van der Waals surface area contributed by atoms with Crippen LogP contribution in [0.2, 0.25) is 0 Å². The van der Waals surface area contributed by atoms with Crippen molar-refractivity contribution in [2.45, 2.75) is 13.0 Å². The molecule has 1 aromatic carbocycles. The van der Waals surface area contributed by atoms with Crippen LogP contribution in [0.25, 0.3) is 0 Å². The maximum Gasteiger partial charge on any atom is 0.325 e. The van der Waals surface area contributed by atoms with E-state index in [0.717, 1.165) is 4.47 Å². The highest BCUT2D eigenvalue weighted by Gasteiger charge is 2.16. The number of halogens is 1. The molecule has 0 spiro atoms. The topological polar surface area (TPSA) is 102 Å². The minimum absolute atomic E-state index is 0.210. The highest BCUT2D eigenvalue weighted by molar-refractivity contribution is 9.10. The summed E-state index contributed by atoms with van der Waals surface area (Å²) in [6.07, 6.45) is 1.23. The monoisotopic (exact) mass is 337 g/mol. The fourth-order valence-corrected chi connectivity index (χ4v) is 1.62. The largest absolute Gasteiger partial charge is 0.480 e. The number of hydrogen-bond donors (Lipinski definition) is 3. The van der Waals surface area contributed by atoms with Gasteiger partial charge in [0, 0.05) is 16.4 Å². The molecule has 1 amide bonds. The molecule has 7 heteroatoms. The van der Waals surface area contributed by atoms with Gasteiger partial charge in [-0.25, -0.2) is 0 Å². The molecule has 6 nitrogen and oxygen atoms in total. The first-order valence-corrected chi connectivity index (χ1v) is 6.39. The Bertz CT molecular complexity index is 593. The number of carbonyl (C=O) groups excluding carboxylic acids is 1. The van der Waals surface area contributed by atoms with Crippen molar-refractivity contribution in [2.24, 2.45) is 0 Å². The minimum atomic E-state index is -1.17. The van der Waals surface area contributed by atoms with Crippen LogP contribution in [0, 0.1) is 11.3 Å². The van der Waals surface area contributed by atoms with Crippen molar-refractivity contribution >= 4 is 33.5 Å². The van der Waals surface area contributed by atoms with E-state index in [1.54, 1.807) is 24.3 Å². The van der Waals surface area contributed by atoms with Crippen LogP contribution in [0.3, 0.4) is 0 Å². The fraction of sp³-hybridized carbons (Fsp3) is 0.154. The summed E-state index contributed by atoms with van der Waals surface area (Å²) in [5.74, 6) is -1.92. The molecular formula is C13H12BrN3O3. The minimum Gasteiger partial charge on any atom is -0.480 e. The van der Waals surface area contributed by atoms with E-state index in [9.17, 15) is 9.59 Å². The average molecular weight is 338 g/mol. The third-order valence-electron chi connectivity index (χ3n) is 2.29. The van der Waals surface area contributed by atoms with E-state index in [1.165, 1.54) is 13.1 Å². The number of hydrogen-bond acceptors (Lipinski definition) is 4. The molecule has 0 bridgehead atoms. The molecule has 0 fully saturated rings. The van der Waals surface area contributed by atoms with Gasteiger partial charge in [-0.2, -0.15) is 5.26 Å². The van der Waals surface area contributed by atoms with Crippen molar-refractivity contribution in [2.75, 3.05) is 5.32 Å². The lowest BCUT2D eigenvalue weighted by Gasteiger charge is -2.08. The summed E-state index contributed by atoms with van der Waals surface area (Å²) in [7, 11) is 0. The van der Waals surface area contributed by atoms with E-state index in [0.29, 0.717) is 5.69 Å². The number of nitrogens with one attached hydrogen (secondary N) is 2. The number of amides is 1. The number of nitriles is 1. The zero-order chi connectivity index (χ0) is 15.1. The molecule has 1 atom stereocenters. The second-order valence-electron chi connectivity index (χ2n) is 3.86. The van der Waals surface area contributed by atoms with E-state index >= 15 is 0 Å². The van der Waals surface area contributed by atoms with E-state index < -0.39 is 17.9 Å². The average Bonchev–Trinajstić information content (AvgIpc) is 2.39. The number of benzene rings is 1. The maximum atomic E-state index is 11.7. The summed E-state index contributed by atoms with van der Waals surface area (Å²) >= 11 is 3.29. The van der Waals surface area contributed by atoms with Crippen LogP contribution in [-0.2, 0) is 9.59 Å². The molecule has 0 saturated carbocycles. The normalized spacial score (nSPS) is 12.2. The summed E-state index contributed by atoms with van der Waals surface area (Å²) in [5, 5.41) is 22.6. The maximum absolute atomic E-state index is 11.7. The summed E-state index contributed by atoms with van der Waals surface area (Å²) in [6.45, 7) is 1.32. The van der Waals surface area contributed by atoms with E-state index in [2.05, 4.69) is 26.6 Å². The van der Waals surface area contributed by atoms with Gasteiger partial charge in [0.05, 0.1) is 0 Å². The van der Waals surface area contributed by atoms with Crippen molar-refractivity contribution in [3.63, 3.8) is 0 Å². The smallest absolute Gasteiger partial charge is 0.325 e. The second kappa shape index (κ2) is 7.31. The Kier molecular flexibility index (Phi) is 5.74. The highest BCUT2D eigenvalue weighted by atomic mass is 79.9. The van der Waals surface area contributed by atoms with Crippen LogP contribution < -0.4 is 10.6 Å². The van der Waals surface area contributed by atoms with Gasteiger partial charge < -0.3 is 15.7 Å². The SMILES string of the molecule is CC(NC(=O)/C(C#N)=C\Nc1cccc(Br)c1)C(=O)O. The Balaban J connectivity index is 2.75. The Morgan fingerprint density at radius 1 is 1.50 bits per heavy atom. The van der Waals surface area contributed by atoms with Crippen LogP contribution in [0.1, 0.15) is 6.92 Å². The van der Waals surface area contributed by atoms with Crippen LogP contribution in [-0.4, -0.2) is 23.0 Å². The molecule has 0 aromatic heterocycles. The lowest BCUT2D eigenvalue weighted by molar-refractivity contribution is -0.140. The van der Waals surface area contributed by atoms with Crippen LogP contribution in [0.5, 0.6) is 0 Å². The number of rotatable bonds is 5. The van der Waals surface area contributed by atoms with Crippen molar-refractivity contribution in [3.05, 3.63) is 40.5 Å². The van der Waals surface area contributed by atoms with Gasteiger partial charge in [-0.05, 0) is 25.1 Å². The van der Waals surface area contributed by atoms with Crippen LogP contribution in [0.15, 0.2) is 40.5 Å². The van der Waals surface area contributed by atoms with E-state index in [1.807, 2.05) is 6.07 Å². The summed E-state index contributed by atoms with van der Waals surface area (Å²) < 4.78 is 0.846. The van der Waals surface area contributed by atoms with E-state index in [4.69, 9.17) is 10.4 Å². The van der Waals surface area contributed by atoms with Gasteiger partial charge >= 0.3 is 5.97 Å². The second-order valence-corrected chi connectivity index (χ2v) is 4.77. The van der Waals surface area contributed by atoms with Crippen molar-refractivity contribution in [1.82, 2.24) is 5.32 Å². The molecule has 0 aliphatic carbocycles. The third-order valence-corrected chi connectivity index (χ3v) is 2.78. The molecule has 0 aliphatic heterocycles. The number of carbonyl (C=O) groups is 2. The van der Waals surface area contributed by atoms with Gasteiger partial charge in [-0.3, -0.25) is 9.59 Å². The molecular weight excluding hydrogens is 326 g/mol. The number of aliphatic carboxylic acids is 1. The molecule has 0 radical (unpaired) electrons. The molecule has 0 aliphatic rings. The highest BCUT2D eigenvalue weighted by Crippen LogP contribution is 2.15. The zero-order valence-corrected chi connectivity index (χ0v) is 12.1. The Labute approximate surface area is 124 Å². The van der Waals surface area contributed by atoms with E-state index in [-0.39, 0.29) is 5.57 Å². The summed E-state index contributed by atoms with van der Waals surface area (Å²) in [4.78, 5) is 22.3. The van der Waals surface area contributed by atoms with Crippen LogP contribution in [0.4, 0.5) is 5.69 Å². The quantitative estimate of drug-likeness (QED) is 0.562. The lowest BCUT2D eigenvalue weighted by atomic mass is 10.2. The lowest BCUT2D eigenvalue weighted by Crippen LogP contribution is -2.39. The van der Waals surface area contributed by atoms with Gasteiger partial charge in [0.25, 0.3) is 5.91 Å². The summed E-state index contributed by atoms with van der Waals surface area (Å²) in [6, 6.07) is 7.80. The predicted octanol–water partition coefficient (Wildman–Crippen LogP) is 1.86. The van der Waals surface area contributed by atoms with Crippen molar-refractivity contribution < 1.29 is 14.7 Å². The molecule has 3 N–H and O–H groups in total. The Hall–Kier alpha value is -2.33. The van der Waals surface area contributed by atoms with Gasteiger partial charge in [0.2, 0.25) is 0 Å². The fourth-order valence-electron chi connectivity index (χ4n) is 1.22. The molecule has 1 aromatic rings. The molecule has 20 heavy (non-hydrogen) atoms. The Morgan fingerprint density at radius 3 is 2.75 bits per heavy atom. The first-order valence-electron chi connectivity index (χ1n) is 5.60. The van der Waals surface area contributed by atoms with Crippen LogP contribution >= 0.6 is 15.9 Å². The standard InChI is InChI=1S/C13H12BrN3O3/c1-8(13(19)20)17-12(18)9(6-15)7-16-11-4-2-3-10(14)5-11/h2-5,7-8,16H,1H3,(H,17,18)(H,19,20)/b9-7-. The molecule has 1 rings (SSSR count). The van der Waals surface area contributed by atoms with Gasteiger partial charge in [0.1, 0.15) is 17.7 Å². The molecule has 104 valence electrons. The first-order chi connectivity index (χ1) is 9.43. The number of carboxylic acid groups (broad SMARTS) is 1. The number of carboxylic acids is 1. The summed E-state index contributed by atoms with van der Waals surface area (Å²) in [5.41, 5.74) is 0.476. The zero-order valence-electron chi connectivity index (χ0n) is 10.6. The number of anilines is 1. The molecule has 0 saturated heterocycles. The van der Waals surface area contributed by atoms with Crippen molar-refractivity contribution in [1.29, 1.82) is 5.26 Å².